The summed E-state index contributed by atoms with van der Waals surface area (Å²) in [5.74, 6) is 1.18. The molecule has 0 unspecified atom stereocenters. The number of carbonyl (C=O) groups is 2. The van der Waals surface area contributed by atoms with Crippen LogP contribution in [0.2, 0.25) is 0 Å². The smallest absolute Gasteiger partial charge is 0.410 e. The van der Waals surface area contributed by atoms with Gasteiger partial charge >= 0.3 is 6.09 Å². The molecule has 2 aliphatic heterocycles. The van der Waals surface area contributed by atoms with Crippen LogP contribution in [0.5, 0.6) is 0 Å². The maximum atomic E-state index is 12.6. The fraction of sp³-hybridized carbons (Fsp3) is 0.750. The Morgan fingerprint density at radius 3 is 2.74 bits per heavy atom. The number of aryl methyl sites for hydroxylation is 2. The van der Waals surface area contributed by atoms with Gasteiger partial charge in [0.25, 0.3) is 0 Å². The second-order valence-corrected chi connectivity index (χ2v) is 7.84. The Hall–Kier alpha value is -2.05. The predicted molar refractivity (Wildman–Crippen MR) is 102 cm³/mol. The molecule has 0 saturated carbocycles. The third kappa shape index (κ3) is 4.28. The number of nitrogens with zero attached hydrogens (tertiary/aromatic N) is 4. The number of hydrogen-bond donors (Lipinski definition) is 0. The van der Waals surface area contributed by atoms with Crippen molar-refractivity contribution in [3.8, 4) is 0 Å². The van der Waals surface area contributed by atoms with Crippen LogP contribution < -0.4 is 0 Å². The molecule has 150 valence electrons. The van der Waals surface area contributed by atoms with Gasteiger partial charge in [-0.15, -0.1) is 0 Å². The summed E-state index contributed by atoms with van der Waals surface area (Å²) in [4.78, 5) is 33.0. The van der Waals surface area contributed by atoms with Crippen molar-refractivity contribution in [3.63, 3.8) is 0 Å². The van der Waals surface area contributed by atoms with Gasteiger partial charge in [-0.1, -0.05) is 20.3 Å². The lowest BCUT2D eigenvalue weighted by Gasteiger charge is -2.37. The number of rotatable bonds is 7. The Balaban J connectivity index is 1.50. The van der Waals surface area contributed by atoms with Crippen molar-refractivity contribution in [2.75, 3.05) is 19.6 Å². The van der Waals surface area contributed by atoms with Crippen molar-refractivity contribution >= 4 is 12.0 Å². The van der Waals surface area contributed by atoms with Crippen LogP contribution in [0.25, 0.3) is 0 Å². The lowest BCUT2D eigenvalue weighted by atomic mass is 9.90. The highest BCUT2D eigenvalue weighted by Crippen LogP contribution is 2.34. The van der Waals surface area contributed by atoms with Crippen LogP contribution in [-0.4, -0.2) is 62.6 Å². The zero-order chi connectivity index (χ0) is 19.4. The van der Waals surface area contributed by atoms with Gasteiger partial charge in [-0.05, 0) is 13.3 Å². The normalized spacial score (nSPS) is 20.2. The van der Waals surface area contributed by atoms with Gasteiger partial charge < -0.3 is 19.1 Å². The summed E-state index contributed by atoms with van der Waals surface area (Å²) >= 11 is 0. The third-order valence-electron chi connectivity index (χ3n) is 5.95. The van der Waals surface area contributed by atoms with E-state index in [0.717, 1.165) is 37.9 Å². The SMILES string of the molecule is CCC[C@@H](C)N1CC2(CCN(C(=O)CCn3ccnc3CC)CC2)OC1=O. The fourth-order valence-electron chi connectivity index (χ4n) is 4.22. The van der Waals surface area contributed by atoms with Crippen LogP contribution in [0.1, 0.15) is 58.7 Å². The van der Waals surface area contributed by atoms with Crippen LogP contribution in [0, 0.1) is 0 Å². The van der Waals surface area contributed by atoms with Crippen molar-refractivity contribution in [3.05, 3.63) is 18.2 Å². The maximum absolute atomic E-state index is 12.6. The highest BCUT2D eigenvalue weighted by atomic mass is 16.6. The number of ether oxygens (including phenoxy) is 1. The number of carbonyl (C=O) groups excluding carboxylic acids is 2. The Morgan fingerprint density at radius 2 is 2.07 bits per heavy atom. The molecule has 27 heavy (non-hydrogen) atoms. The summed E-state index contributed by atoms with van der Waals surface area (Å²) in [6, 6.07) is 0.212. The van der Waals surface area contributed by atoms with E-state index in [0.29, 0.717) is 32.6 Å². The molecule has 0 aliphatic carbocycles. The van der Waals surface area contributed by atoms with E-state index in [4.69, 9.17) is 4.74 Å². The largest absolute Gasteiger partial charge is 0.441 e. The Kier molecular flexibility index (Phi) is 6.07. The predicted octanol–water partition coefficient (Wildman–Crippen LogP) is 2.84. The minimum Gasteiger partial charge on any atom is -0.441 e. The maximum Gasteiger partial charge on any atom is 0.410 e. The van der Waals surface area contributed by atoms with Crippen LogP contribution in [-0.2, 0) is 22.5 Å². The Labute approximate surface area is 161 Å². The molecule has 0 aromatic carbocycles. The second-order valence-electron chi connectivity index (χ2n) is 7.84. The van der Waals surface area contributed by atoms with Crippen LogP contribution in [0.4, 0.5) is 4.79 Å². The van der Waals surface area contributed by atoms with Crippen molar-refractivity contribution in [1.29, 1.82) is 0 Å². The van der Waals surface area contributed by atoms with Gasteiger partial charge in [-0.2, -0.15) is 0 Å². The topological polar surface area (TPSA) is 67.7 Å². The monoisotopic (exact) mass is 376 g/mol. The summed E-state index contributed by atoms with van der Waals surface area (Å²) in [6.07, 6.45) is 8.37. The molecule has 2 saturated heterocycles. The molecule has 2 aliphatic rings. The molecular formula is C20H32N4O3. The molecule has 3 rings (SSSR count). The number of piperidine rings is 1. The van der Waals surface area contributed by atoms with E-state index in [-0.39, 0.29) is 18.0 Å². The molecule has 3 heterocycles. The summed E-state index contributed by atoms with van der Waals surface area (Å²) in [5.41, 5.74) is -0.407. The van der Waals surface area contributed by atoms with Crippen LogP contribution in [0.15, 0.2) is 12.4 Å². The van der Waals surface area contributed by atoms with Crippen LogP contribution in [0.3, 0.4) is 0 Å². The summed E-state index contributed by atoms with van der Waals surface area (Å²) in [5, 5.41) is 0. The van der Waals surface area contributed by atoms with E-state index < -0.39 is 5.60 Å². The van der Waals surface area contributed by atoms with Crippen molar-refractivity contribution < 1.29 is 14.3 Å². The lowest BCUT2D eigenvalue weighted by Crippen LogP contribution is -2.49. The zero-order valence-electron chi connectivity index (χ0n) is 16.8. The molecule has 1 atom stereocenters. The lowest BCUT2D eigenvalue weighted by molar-refractivity contribution is -0.134. The van der Waals surface area contributed by atoms with E-state index in [1.165, 1.54) is 0 Å². The molecule has 0 bridgehead atoms. The minimum atomic E-state index is -0.407. The van der Waals surface area contributed by atoms with E-state index in [1.54, 1.807) is 6.20 Å². The molecule has 7 nitrogen and oxygen atoms in total. The number of imidazole rings is 1. The molecule has 0 radical (unpaired) electrons. The molecule has 2 amide bonds. The Morgan fingerprint density at radius 1 is 1.33 bits per heavy atom. The first kappa shape index (κ1) is 19.7. The van der Waals surface area contributed by atoms with E-state index >= 15 is 0 Å². The first-order valence-electron chi connectivity index (χ1n) is 10.3. The average molecular weight is 377 g/mol. The molecule has 1 aromatic heterocycles. The summed E-state index contributed by atoms with van der Waals surface area (Å²) in [7, 11) is 0. The van der Waals surface area contributed by atoms with E-state index in [1.807, 2.05) is 16.0 Å². The third-order valence-corrected chi connectivity index (χ3v) is 5.95. The molecule has 0 N–H and O–H groups in total. The first-order valence-corrected chi connectivity index (χ1v) is 10.3. The molecular weight excluding hydrogens is 344 g/mol. The first-order chi connectivity index (χ1) is 13.0. The van der Waals surface area contributed by atoms with E-state index in [2.05, 4.69) is 30.3 Å². The minimum absolute atomic E-state index is 0.168. The van der Waals surface area contributed by atoms with Crippen molar-refractivity contribution in [1.82, 2.24) is 19.4 Å². The van der Waals surface area contributed by atoms with Gasteiger partial charge in [0.05, 0.1) is 6.54 Å². The number of amides is 2. The highest BCUT2D eigenvalue weighted by molar-refractivity contribution is 5.76. The van der Waals surface area contributed by atoms with Gasteiger partial charge in [0.15, 0.2) is 0 Å². The Bertz CT molecular complexity index is 664. The van der Waals surface area contributed by atoms with Gasteiger partial charge in [-0.25, -0.2) is 9.78 Å². The van der Waals surface area contributed by atoms with Crippen molar-refractivity contribution in [2.24, 2.45) is 0 Å². The van der Waals surface area contributed by atoms with Crippen molar-refractivity contribution in [2.45, 2.75) is 77.5 Å². The van der Waals surface area contributed by atoms with Gasteiger partial charge in [0.2, 0.25) is 5.91 Å². The average Bonchev–Trinajstić information content (AvgIpc) is 3.24. The molecule has 2 fully saturated rings. The molecule has 1 spiro atoms. The second kappa shape index (κ2) is 8.31. The summed E-state index contributed by atoms with van der Waals surface area (Å²) < 4.78 is 7.83. The quantitative estimate of drug-likeness (QED) is 0.734. The van der Waals surface area contributed by atoms with Gasteiger partial charge in [0, 0.05) is 63.8 Å². The number of likely N-dealkylation sites (tertiary alicyclic amines) is 1. The number of hydrogen-bond acceptors (Lipinski definition) is 4. The number of aromatic nitrogens is 2. The van der Waals surface area contributed by atoms with E-state index in [9.17, 15) is 9.59 Å². The van der Waals surface area contributed by atoms with Crippen LogP contribution >= 0.6 is 0 Å². The molecule has 1 aromatic rings. The zero-order valence-corrected chi connectivity index (χ0v) is 16.8. The molecule has 7 heteroatoms. The highest BCUT2D eigenvalue weighted by Gasteiger charge is 2.48. The summed E-state index contributed by atoms with van der Waals surface area (Å²) in [6.45, 7) is 8.93. The standard InChI is InChI=1S/C20H32N4O3/c1-4-6-16(3)24-15-20(27-19(24)26)8-12-23(13-9-20)18(25)7-11-22-14-10-21-17(22)5-2/h10,14,16H,4-9,11-13,15H2,1-3H3/t16-/m1/s1. The van der Waals surface area contributed by atoms with Gasteiger partial charge in [0.1, 0.15) is 11.4 Å². The fourth-order valence-corrected chi connectivity index (χ4v) is 4.22. The van der Waals surface area contributed by atoms with Gasteiger partial charge in [-0.3, -0.25) is 4.79 Å².